The fourth-order valence-electron chi connectivity index (χ4n) is 6.19. The van der Waals surface area contributed by atoms with Crippen LogP contribution in [0.2, 0.25) is 25.1 Å². The molecule has 0 aliphatic heterocycles. The molecule has 0 bridgehead atoms. The Labute approximate surface area is 486 Å². The molecule has 0 aliphatic carbocycles. The molecule has 412 valence electrons. The topological polar surface area (TPSA) is 70.8 Å². The van der Waals surface area contributed by atoms with Crippen molar-refractivity contribution in [2.45, 2.75) is 103 Å². The minimum atomic E-state index is -0.359. The molecule has 0 aliphatic rings. The summed E-state index contributed by atoms with van der Waals surface area (Å²) in [5.41, 5.74) is 11.5. The van der Waals surface area contributed by atoms with Crippen molar-refractivity contribution < 1.29 is 19.1 Å². The number of rotatable bonds is 9. The van der Waals surface area contributed by atoms with Gasteiger partial charge < -0.3 is 14.2 Å². The first-order chi connectivity index (χ1) is 36.6. The molecule has 0 unspecified atom stereocenters. The van der Waals surface area contributed by atoms with Crippen molar-refractivity contribution in [1.29, 1.82) is 0 Å². The SMILES string of the molecule is CCCOc1ccc(C)cc1.CCCOc1cccc(C)c1.CCOc1ccc(C)cc1Cl.Cc1c(Cl)cccc1Cl.Cc1cc(Cl)cc(Cl)c1.Cc1ccc(C)c([N+](=O)[O-])c1.Cc1cccc(C)c1.Cc1ccccc1. The molecule has 0 amide bonds. The van der Waals surface area contributed by atoms with E-state index in [2.05, 4.69) is 109 Å². The zero-order chi connectivity index (χ0) is 57.7. The van der Waals surface area contributed by atoms with Gasteiger partial charge in [-0.25, -0.2) is 0 Å². The Kier molecular flexibility index (Phi) is 36.1. The smallest absolute Gasteiger partial charge is 0.272 e. The number of ether oxygens (including phenoxy) is 3. The highest BCUT2D eigenvalue weighted by atomic mass is 35.5. The van der Waals surface area contributed by atoms with Crippen molar-refractivity contribution in [2.75, 3.05) is 19.8 Å². The van der Waals surface area contributed by atoms with Crippen molar-refractivity contribution in [3.8, 4) is 17.2 Å². The van der Waals surface area contributed by atoms with Crippen LogP contribution in [0.3, 0.4) is 0 Å². The van der Waals surface area contributed by atoms with Crippen LogP contribution in [0.1, 0.15) is 89.2 Å². The summed E-state index contributed by atoms with van der Waals surface area (Å²) >= 11 is 28.7. The molecule has 0 saturated carbocycles. The summed E-state index contributed by atoms with van der Waals surface area (Å²) < 4.78 is 16.1. The number of nitrogens with zero attached hydrogens (tertiary/aromatic N) is 1. The minimum absolute atomic E-state index is 0.199. The third kappa shape index (κ3) is 33.0. The third-order valence-electron chi connectivity index (χ3n) is 10.2. The van der Waals surface area contributed by atoms with Crippen molar-refractivity contribution in [3.05, 3.63) is 267 Å². The maximum Gasteiger partial charge on any atom is 0.272 e. The second-order valence-corrected chi connectivity index (χ2v) is 19.9. The van der Waals surface area contributed by atoms with E-state index in [0.717, 1.165) is 75.6 Å². The molecule has 8 aromatic carbocycles. The fourth-order valence-corrected chi connectivity index (χ4v) is 7.51. The zero-order valence-corrected chi connectivity index (χ0v) is 50.9. The summed E-state index contributed by atoms with van der Waals surface area (Å²) in [4.78, 5) is 10.0. The van der Waals surface area contributed by atoms with Crippen LogP contribution in [-0.2, 0) is 0 Å². The first-order valence-corrected chi connectivity index (χ1v) is 27.4. The predicted octanol–water partition coefficient (Wildman–Crippen LogP) is 21.7. The van der Waals surface area contributed by atoms with Gasteiger partial charge in [-0.3, -0.25) is 10.1 Å². The Balaban J connectivity index is 0.000000442. The Morgan fingerprint density at radius 1 is 0.390 bits per heavy atom. The number of hydrogen-bond acceptors (Lipinski definition) is 5. The second kappa shape index (κ2) is 40.3. The molecule has 0 aromatic heterocycles. The van der Waals surface area contributed by atoms with Crippen LogP contribution < -0.4 is 14.2 Å². The summed E-state index contributed by atoms with van der Waals surface area (Å²) in [5.74, 6) is 2.71. The average Bonchev–Trinajstić information content (AvgIpc) is 3.37. The van der Waals surface area contributed by atoms with Crippen LogP contribution in [-0.4, -0.2) is 24.7 Å². The van der Waals surface area contributed by atoms with Crippen LogP contribution in [0.25, 0.3) is 0 Å². The molecule has 11 heteroatoms. The van der Waals surface area contributed by atoms with Crippen LogP contribution in [0.5, 0.6) is 17.2 Å². The first kappa shape index (κ1) is 69.0. The van der Waals surface area contributed by atoms with Crippen molar-refractivity contribution in [3.63, 3.8) is 0 Å². The van der Waals surface area contributed by atoms with Crippen LogP contribution in [0, 0.1) is 79.4 Å². The van der Waals surface area contributed by atoms with Gasteiger partial charge in [0.15, 0.2) is 0 Å². The number of nitro groups is 1. The molecule has 8 rings (SSSR count). The van der Waals surface area contributed by atoms with E-state index < -0.39 is 0 Å². The van der Waals surface area contributed by atoms with Crippen LogP contribution in [0.15, 0.2) is 176 Å². The molecule has 0 heterocycles. The maximum atomic E-state index is 10.4. The molecule has 0 fully saturated rings. The lowest BCUT2D eigenvalue weighted by atomic mass is 10.1. The number of halogens is 5. The standard InChI is InChI=1S/2C10H14O.C9H11ClO.C8H9NO2.C8H10.2C7H6Cl2.C7H8/c1-3-8-11-10-6-4-9(2)5-7-10;1-3-7-11-10-6-4-5-9(2)8-10;1-3-11-9-5-4-7(2)6-8(9)10;1-6-3-4-7(2)8(5-6)9(10)11;1-7-4-3-5-8(2)6-7;1-5-2-6(8)4-7(9)3-5;1-5-6(8)3-2-4-7(5)9;1-7-5-3-2-4-6-7/h4-7H,3,8H2,1-2H3;4-6,8H,3,7H2,1-2H3;4-6H,3H2,1-2H3;3-5H,1-2H3;3-6H,1-2H3;2*2-4H,1H3;2-6H,1H3. The highest BCUT2D eigenvalue weighted by Crippen LogP contribution is 2.25. The summed E-state index contributed by atoms with van der Waals surface area (Å²) in [6.45, 7) is 28.3. The molecule has 8 aromatic rings. The average molecular weight is 1140 g/mol. The van der Waals surface area contributed by atoms with Gasteiger partial charge in [0.25, 0.3) is 5.69 Å². The van der Waals surface area contributed by atoms with Crippen molar-refractivity contribution in [1.82, 2.24) is 0 Å². The normalized spacial score (nSPS) is 9.53. The molecule has 0 saturated heterocycles. The lowest BCUT2D eigenvalue weighted by Crippen LogP contribution is -1.94. The summed E-state index contributed by atoms with van der Waals surface area (Å²) in [6.07, 6.45) is 2.13. The van der Waals surface area contributed by atoms with E-state index >= 15 is 0 Å². The molecule has 0 atom stereocenters. The molecule has 6 nitrogen and oxygen atoms in total. The largest absolute Gasteiger partial charge is 0.494 e. The molecule has 0 N–H and O–H groups in total. The van der Waals surface area contributed by atoms with Crippen LogP contribution in [0.4, 0.5) is 5.69 Å². The van der Waals surface area contributed by atoms with Crippen molar-refractivity contribution in [2.24, 2.45) is 0 Å². The van der Waals surface area contributed by atoms with E-state index in [1.54, 1.807) is 25.1 Å². The van der Waals surface area contributed by atoms with E-state index in [4.69, 9.17) is 72.2 Å². The van der Waals surface area contributed by atoms with Gasteiger partial charge in [-0.15, -0.1) is 0 Å². The first-order valence-electron chi connectivity index (χ1n) is 25.5. The van der Waals surface area contributed by atoms with Gasteiger partial charge in [-0.2, -0.15) is 0 Å². The molecule has 0 radical (unpaired) electrons. The predicted molar refractivity (Wildman–Crippen MR) is 333 cm³/mol. The monoisotopic (exact) mass is 1140 g/mol. The summed E-state index contributed by atoms with van der Waals surface area (Å²) in [5, 5.41) is 13.9. The molecular formula is C66H78Cl5NO5. The van der Waals surface area contributed by atoms with Gasteiger partial charge in [0.1, 0.15) is 17.2 Å². The number of aryl methyl sites for hydroxylation is 9. The summed E-state index contributed by atoms with van der Waals surface area (Å²) in [7, 11) is 0. The van der Waals surface area contributed by atoms with E-state index in [0.29, 0.717) is 27.2 Å². The zero-order valence-electron chi connectivity index (χ0n) is 47.2. The Morgan fingerprint density at radius 2 is 0.831 bits per heavy atom. The number of benzene rings is 8. The summed E-state index contributed by atoms with van der Waals surface area (Å²) in [6, 6.07) is 56.9. The second-order valence-electron chi connectivity index (χ2n) is 17.8. The van der Waals surface area contributed by atoms with E-state index in [-0.39, 0.29) is 10.6 Å². The Hall–Kier alpha value is -5.99. The van der Waals surface area contributed by atoms with Gasteiger partial charge in [-0.05, 0) is 184 Å². The number of hydrogen-bond donors (Lipinski definition) is 0. The maximum absolute atomic E-state index is 10.4. The number of nitro benzene ring substituents is 1. The van der Waals surface area contributed by atoms with Gasteiger partial charge in [0.05, 0.1) is 29.8 Å². The minimum Gasteiger partial charge on any atom is -0.494 e. The quantitative estimate of drug-likeness (QED) is 0.106. The molecule has 0 spiro atoms. The molecular weight excluding hydrogens is 1060 g/mol. The van der Waals surface area contributed by atoms with E-state index in [1.807, 2.05) is 132 Å². The molecule has 77 heavy (non-hydrogen) atoms. The third-order valence-corrected chi connectivity index (χ3v) is 11.8. The van der Waals surface area contributed by atoms with Gasteiger partial charge >= 0.3 is 0 Å². The highest BCUT2D eigenvalue weighted by Gasteiger charge is 2.08. The van der Waals surface area contributed by atoms with Gasteiger partial charge in [0, 0.05) is 31.7 Å². The fraction of sp³-hybridized carbons (Fsp3) is 0.273. The Morgan fingerprint density at radius 3 is 1.25 bits per heavy atom. The van der Waals surface area contributed by atoms with Gasteiger partial charge in [-0.1, -0.05) is 197 Å². The Bertz CT molecular complexity index is 2810. The lowest BCUT2D eigenvalue weighted by molar-refractivity contribution is -0.385. The highest BCUT2D eigenvalue weighted by molar-refractivity contribution is 6.36. The van der Waals surface area contributed by atoms with E-state index in [9.17, 15) is 10.1 Å². The van der Waals surface area contributed by atoms with Crippen LogP contribution >= 0.6 is 58.0 Å². The van der Waals surface area contributed by atoms with Crippen molar-refractivity contribution >= 4 is 63.7 Å². The van der Waals surface area contributed by atoms with E-state index in [1.165, 1.54) is 27.8 Å². The lowest BCUT2D eigenvalue weighted by Gasteiger charge is -2.04. The van der Waals surface area contributed by atoms with Gasteiger partial charge in [0.2, 0.25) is 0 Å².